The normalized spacial score (nSPS) is 11.3. The Morgan fingerprint density at radius 3 is 2.43 bits per heavy atom. The molecule has 10 heteroatoms. The zero-order valence-electron chi connectivity index (χ0n) is 19.2. The summed E-state index contributed by atoms with van der Waals surface area (Å²) in [5, 5.41) is 9.78. The van der Waals surface area contributed by atoms with Crippen molar-refractivity contribution in [2.45, 2.75) is 13.5 Å². The van der Waals surface area contributed by atoms with Gasteiger partial charge in [-0.2, -0.15) is 13.8 Å². The molecule has 5 aromatic rings. The molecular formula is C27H18ClF2N3O4. The highest BCUT2D eigenvalue weighted by Gasteiger charge is 2.14. The van der Waals surface area contributed by atoms with Crippen LogP contribution in [0.3, 0.4) is 0 Å². The molecule has 0 aliphatic rings. The Labute approximate surface area is 213 Å². The summed E-state index contributed by atoms with van der Waals surface area (Å²) >= 11 is 6.53. The lowest BCUT2D eigenvalue weighted by atomic mass is 10.0. The summed E-state index contributed by atoms with van der Waals surface area (Å²) in [5.41, 5.74) is 3.77. The number of carbonyl (C=O) groups is 1. The zero-order valence-corrected chi connectivity index (χ0v) is 20.0. The van der Waals surface area contributed by atoms with Gasteiger partial charge >= 0.3 is 12.5 Å². The van der Waals surface area contributed by atoms with Crippen molar-refractivity contribution in [3.05, 3.63) is 99.4 Å². The number of aromatic carboxylic acids is 1. The van der Waals surface area contributed by atoms with Gasteiger partial charge in [0, 0.05) is 17.8 Å². The number of alkyl halides is 2. The van der Waals surface area contributed by atoms with Gasteiger partial charge in [-0.3, -0.25) is 9.36 Å². The quantitative estimate of drug-likeness (QED) is 0.253. The van der Waals surface area contributed by atoms with Gasteiger partial charge in [0.1, 0.15) is 5.75 Å². The van der Waals surface area contributed by atoms with Crippen molar-refractivity contribution in [2.24, 2.45) is 0 Å². The van der Waals surface area contributed by atoms with E-state index < -0.39 is 18.1 Å². The number of hydrogen-bond acceptors (Lipinski definition) is 4. The number of aromatic nitrogens is 3. The summed E-state index contributed by atoms with van der Waals surface area (Å²) in [6.45, 7) is -1.23. The molecule has 0 fully saturated rings. The van der Waals surface area contributed by atoms with Crippen LogP contribution in [0.5, 0.6) is 11.8 Å². The van der Waals surface area contributed by atoms with Crippen LogP contribution in [0.15, 0.2) is 77.7 Å². The van der Waals surface area contributed by atoms with Crippen molar-refractivity contribution in [1.82, 2.24) is 14.5 Å². The number of rotatable bonds is 6. The highest BCUT2D eigenvalue weighted by atomic mass is 35.5. The largest absolute Gasteiger partial charge is 0.478 e. The van der Waals surface area contributed by atoms with Crippen LogP contribution in [0.1, 0.15) is 22.5 Å². The lowest BCUT2D eigenvalue weighted by molar-refractivity contribution is 0.0663. The summed E-state index contributed by atoms with van der Waals surface area (Å²) in [6.07, 6.45) is 1.12. The minimum atomic E-state index is -2.93. The molecule has 0 atom stereocenters. The maximum atomic E-state index is 13.1. The van der Waals surface area contributed by atoms with E-state index in [1.54, 1.807) is 55.5 Å². The molecule has 0 saturated carbocycles. The van der Waals surface area contributed by atoms with Gasteiger partial charge in [0.2, 0.25) is 0 Å². The SMILES string of the molecule is Cc1ccc(Oc2nc3cc(-c4ccc(-c5ccc(=O)n(C(F)F)c5)cc4)c(Cl)cc3[nH]2)cc1C(=O)O. The lowest BCUT2D eigenvalue weighted by Gasteiger charge is -2.09. The molecule has 0 aliphatic heterocycles. The average molecular weight is 522 g/mol. The first kappa shape index (κ1) is 24.2. The molecule has 0 bridgehead atoms. The van der Waals surface area contributed by atoms with E-state index in [4.69, 9.17) is 16.3 Å². The molecule has 0 saturated heterocycles. The van der Waals surface area contributed by atoms with Crippen molar-refractivity contribution in [2.75, 3.05) is 0 Å². The van der Waals surface area contributed by atoms with Gasteiger partial charge in [-0.25, -0.2) is 4.79 Å². The van der Waals surface area contributed by atoms with Crippen LogP contribution in [0.25, 0.3) is 33.3 Å². The number of nitrogens with one attached hydrogen (secondary N) is 1. The second-order valence-electron chi connectivity index (χ2n) is 8.29. The molecule has 0 amide bonds. The number of hydrogen-bond donors (Lipinski definition) is 2. The minimum Gasteiger partial charge on any atom is -0.478 e. The van der Waals surface area contributed by atoms with E-state index >= 15 is 0 Å². The van der Waals surface area contributed by atoms with Gasteiger partial charge in [-0.1, -0.05) is 41.9 Å². The van der Waals surface area contributed by atoms with Crippen molar-refractivity contribution in [3.8, 4) is 34.0 Å². The van der Waals surface area contributed by atoms with Crippen LogP contribution in [0.2, 0.25) is 5.02 Å². The van der Waals surface area contributed by atoms with Crippen molar-refractivity contribution in [1.29, 1.82) is 0 Å². The lowest BCUT2D eigenvalue weighted by Crippen LogP contribution is -2.18. The number of aromatic amines is 1. The molecule has 2 aromatic heterocycles. The third-order valence-corrected chi connectivity index (χ3v) is 6.19. The van der Waals surface area contributed by atoms with Crippen molar-refractivity contribution in [3.63, 3.8) is 0 Å². The number of imidazole rings is 1. The van der Waals surface area contributed by atoms with Crippen molar-refractivity contribution < 1.29 is 23.4 Å². The molecule has 5 rings (SSSR count). The van der Waals surface area contributed by atoms with E-state index in [-0.39, 0.29) is 11.6 Å². The van der Waals surface area contributed by atoms with Gasteiger partial charge in [-0.15, -0.1) is 0 Å². The number of pyridine rings is 1. The van der Waals surface area contributed by atoms with E-state index in [1.165, 1.54) is 12.1 Å². The Morgan fingerprint density at radius 2 is 1.73 bits per heavy atom. The number of H-pyrrole nitrogens is 1. The average Bonchev–Trinajstić information content (AvgIpc) is 3.25. The van der Waals surface area contributed by atoms with Gasteiger partial charge in [-0.05, 0) is 59.5 Å². The Bertz CT molecular complexity index is 1710. The molecule has 0 aliphatic carbocycles. The Morgan fingerprint density at radius 1 is 1.03 bits per heavy atom. The molecule has 3 aromatic carbocycles. The van der Waals surface area contributed by atoms with Gasteiger partial charge in [0.15, 0.2) is 0 Å². The standard InChI is InChI=1S/C27H18ClF2N3O4/c1-14-2-8-18(10-19(14)25(35)36)37-27-31-22-11-20(21(28)12-23(22)32-27)16-5-3-15(4-6-16)17-7-9-24(34)33(13-17)26(29)30/h2-13,26H,1H3,(H,31,32)(H,35,36). The maximum absolute atomic E-state index is 13.1. The monoisotopic (exact) mass is 521 g/mol. The van der Waals surface area contributed by atoms with E-state index in [9.17, 15) is 23.5 Å². The van der Waals surface area contributed by atoms with E-state index in [1.807, 2.05) is 0 Å². The predicted octanol–water partition coefficient (Wildman–Crippen LogP) is 6.91. The first-order chi connectivity index (χ1) is 17.7. The highest BCUT2D eigenvalue weighted by Crippen LogP contribution is 2.34. The van der Waals surface area contributed by atoms with E-state index in [0.717, 1.165) is 17.8 Å². The summed E-state index contributed by atoms with van der Waals surface area (Å²) in [5.74, 6) is -0.729. The topological polar surface area (TPSA) is 97.2 Å². The third kappa shape index (κ3) is 4.81. The fourth-order valence-electron chi connectivity index (χ4n) is 3.95. The first-order valence-electron chi connectivity index (χ1n) is 11.0. The van der Waals surface area contributed by atoms with Gasteiger partial charge in [0.25, 0.3) is 11.6 Å². The summed E-state index contributed by atoms with van der Waals surface area (Å²) in [4.78, 5) is 30.5. The second-order valence-corrected chi connectivity index (χ2v) is 8.70. The Balaban J connectivity index is 1.44. The molecule has 7 nitrogen and oxygen atoms in total. The van der Waals surface area contributed by atoms with Crippen LogP contribution >= 0.6 is 11.6 Å². The van der Waals surface area contributed by atoms with Crippen LogP contribution in [-0.4, -0.2) is 25.6 Å². The fraction of sp³-hybridized carbons (Fsp3) is 0.0741. The molecule has 0 unspecified atom stereocenters. The summed E-state index contributed by atoms with van der Waals surface area (Å²) in [6, 6.07) is 18.1. The molecule has 37 heavy (non-hydrogen) atoms. The molecular weight excluding hydrogens is 504 g/mol. The Hall–Kier alpha value is -4.50. The van der Waals surface area contributed by atoms with Gasteiger partial charge < -0.3 is 14.8 Å². The fourth-order valence-corrected chi connectivity index (χ4v) is 4.23. The number of fused-ring (bicyclic) bond motifs is 1. The number of benzene rings is 3. The number of ether oxygens (including phenoxy) is 1. The van der Waals surface area contributed by atoms with Crippen molar-refractivity contribution >= 4 is 28.6 Å². The maximum Gasteiger partial charge on any atom is 0.336 e. The van der Waals surface area contributed by atoms with Crippen LogP contribution in [0.4, 0.5) is 8.78 Å². The highest BCUT2D eigenvalue weighted by molar-refractivity contribution is 6.34. The van der Waals surface area contributed by atoms with Crippen LogP contribution in [-0.2, 0) is 0 Å². The first-order valence-corrected chi connectivity index (χ1v) is 11.4. The minimum absolute atomic E-state index is 0.135. The van der Waals surface area contributed by atoms with Gasteiger partial charge in [0.05, 0.1) is 21.6 Å². The summed E-state index contributed by atoms with van der Waals surface area (Å²) < 4.78 is 32.3. The van der Waals surface area contributed by atoms with E-state index in [0.29, 0.717) is 48.6 Å². The second kappa shape index (κ2) is 9.51. The zero-order chi connectivity index (χ0) is 26.3. The Kier molecular flexibility index (Phi) is 6.22. The number of aryl methyl sites for hydroxylation is 1. The number of nitrogens with zero attached hydrogens (tertiary/aromatic N) is 2. The van der Waals surface area contributed by atoms with E-state index in [2.05, 4.69) is 9.97 Å². The third-order valence-electron chi connectivity index (χ3n) is 5.88. The number of carboxylic acid groups (broad SMARTS) is 1. The van der Waals surface area contributed by atoms with Crippen LogP contribution < -0.4 is 10.3 Å². The molecule has 2 N–H and O–H groups in total. The summed E-state index contributed by atoms with van der Waals surface area (Å²) in [7, 11) is 0. The smallest absolute Gasteiger partial charge is 0.336 e. The molecule has 186 valence electrons. The molecule has 0 spiro atoms. The molecule has 0 radical (unpaired) electrons. The van der Waals surface area contributed by atoms with Crippen LogP contribution in [0, 0.1) is 6.92 Å². The number of carboxylic acids is 1. The number of halogens is 3. The molecule has 2 heterocycles. The predicted molar refractivity (Wildman–Crippen MR) is 136 cm³/mol.